The highest BCUT2D eigenvalue weighted by molar-refractivity contribution is 7.92. The highest BCUT2D eigenvalue weighted by Crippen LogP contribution is 2.36. The third kappa shape index (κ3) is 4.39. The summed E-state index contributed by atoms with van der Waals surface area (Å²) in [5.41, 5.74) is 2.03. The molecule has 0 aliphatic heterocycles. The number of anilines is 1. The highest BCUT2D eigenvalue weighted by Gasteiger charge is 2.21. The lowest BCUT2D eigenvalue weighted by molar-refractivity contribution is 0.401. The van der Waals surface area contributed by atoms with E-state index in [4.69, 9.17) is 39.5 Å². The molecule has 0 atom stereocenters. The summed E-state index contributed by atoms with van der Waals surface area (Å²) in [7, 11) is -2.46. The van der Waals surface area contributed by atoms with Crippen LogP contribution in [0.1, 0.15) is 0 Å². The molecule has 2 N–H and O–H groups in total. The minimum absolute atomic E-state index is 0.0156. The molecular weight excluding hydrogens is 537 g/mol. The summed E-state index contributed by atoms with van der Waals surface area (Å²) >= 11 is 18.9. The number of nitrogens with zero attached hydrogens (tertiary/aromatic N) is 5. The third-order valence-corrected chi connectivity index (χ3v) is 7.30. The predicted octanol–water partition coefficient (Wildman–Crippen LogP) is 4.98. The van der Waals surface area contributed by atoms with E-state index in [0.29, 0.717) is 28.2 Å². The third-order valence-electron chi connectivity index (χ3n) is 5.01. The number of nitrogens with one attached hydrogen (secondary N) is 2. The highest BCUT2D eigenvalue weighted by atomic mass is 35.5. The Bertz CT molecular complexity index is 1690. The van der Waals surface area contributed by atoms with Crippen LogP contribution in [0.25, 0.3) is 28.0 Å². The molecule has 5 aromatic rings. The number of ether oxygens (including phenoxy) is 1. The van der Waals surface area contributed by atoms with Crippen molar-refractivity contribution in [3.8, 4) is 22.8 Å². The topological polar surface area (TPSA) is 128 Å². The van der Waals surface area contributed by atoms with Gasteiger partial charge in [0.15, 0.2) is 5.65 Å². The molecule has 0 saturated carbocycles. The van der Waals surface area contributed by atoms with Crippen LogP contribution in [0.15, 0.2) is 59.8 Å². The number of fused-ring (bicyclic) bond motifs is 1. The second kappa shape index (κ2) is 9.00. The van der Waals surface area contributed by atoms with Crippen LogP contribution in [0.3, 0.4) is 0 Å². The van der Waals surface area contributed by atoms with Gasteiger partial charge in [-0.05, 0) is 36.4 Å². The Morgan fingerprint density at radius 2 is 1.94 bits per heavy atom. The van der Waals surface area contributed by atoms with Gasteiger partial charge in [-0.25, -0.2) is 18.1 Å². The average Bonchev–Trinajstić information content (AvgIpc) is 3.48. The van der Waals surface area contributed by atoms with Crippen LogP contribution in [-0.2, 0) is 10.0 Å². The van der Waals surface area contributed by atoms with E-state index in [-0.39, 0.29) is 31.3 Å². The van der Waals surface area contributed by atoms with Gasteiger partial charge in [-0.3, -0.25) is 9.82 Å². The maximum atomic E-state index is 12.8. The van der Waals surface area contributed by atoms with Gasteiger partial charge in [0, 0.05) is 16.8 Å². The standard InChI is InChI=1S/C21H14Cl3N7O3S/c1-34-21-14-7-11(9-25-20(14)27-28-21)17-10-31(30-26-17)19-15(23)5-6-16(18(19)24)29-35(32,33)13-4-2-3-12(22)8-13/h2-10,29H,1H3,(H,25,27,28). The van der Waals surface area contributed by atoms with Gasteiger partial charge in [-0.2, -0.15) is 0 Å². The van der Waals surface area contributed by atoms with Crippen LogP contribution in [0, 0.1) is 0 Å². The SMILES string of the molecule is COc1n[nH]c2ncc(-c3cn(-c4c(Cl)ccc(NS(=O)(=O)c5cccc(Cl)c5)c4Cl)nn3)cc12. The molecule has 14 heteroatoms. The largest absolute Gasteiger partial charge is 0.479 e. The van der Waals surface area contributed by atoms with E-state index in [1.54, 1.807) is 24.5 Å². The number of sulfonamides is 1. The summed E-state index contributed by atoms with van der Waals surface area (Å²) in [5, 5.41) is 16.4. The zero-order valence-corrected chi connectivity index (χ0v) is 20.8. The molecule has 3 aromatic heterocycles. The predicted molar refractivity (Wildman–Crippen MR) is 133 cm³/mol. The van der Waals surface area contributed by atoms with Crippen molar-refractivity contribution in [3.63, 3.8) is 0 Å². The van der Waals surface area contributed by atoms with Gasteiger partial charge >= 0.3 is 0 Å². The number of aromatic nitrogens is 6. The van der Waals surface area contributed by atoms with Crippen LogP contribution in [0.4, 0.5) is 5.69 Å². The maximum absolute atomic E-state index is 12.8. The maximum Gasteiger partial charge on any atom is 0.261 e. The van der Waals surface area contributed by atoms with Crippen LogP contribution in [-0.4, -0.2) is 45.7 Å². The summed E-state index contributed by atoms with van der Waals surface area (Å²) in [6.07, 6.45) is 3.20. The number of halogens is 3. The molecule has 10 nitrogen and oxygen atoms in total. The fourth-order valence-corrected chi connectivity index (χ4v) is 5.37. The fraction of sp³-hybridized carbons (Fsp3) is 0.0476. The van der Waals surface area contributed by atoms with Crippen LogP contribution in [0.2, 0.25) is 15.1 Å². The Morgan fingerprint density at radius 3 is 2.71 bits per heavy atom. The van der Waals surface area contributed by atoms with Crippen molar-refractivity contribution in [1.29, 1.82) is 0 Å². The Labute approximate surface area is 213 Å². The summed E-state index contributed by atoms with van der Waals surface area (Å²) in [4.78, 5) is 4.30. The van der Waals surface area contributed by atoms with E-state index in [9.17, 15) is 8.42 Å². The first-order valence-electron chi connectivity index (χ1n) is 9.84. The lowest BCUT2D eigenvalue weighted by Crippen LogP contribution is -2.14. The molecule has 0 aliphatic carbocycles. The first-order chi connectivity index (χ1) is 16.8. The molecule has 0 fully saturated rings. The minimum Gasteiger partial charge on any atom is -0.479 e. The van der Waals surface area contributed by atoms with E-state index in [2.05, 4.69) is 30.2 Å². The fourth-order valence-electron chi connectivity index (χ4n) is 3.35. The number of methoxy groups -OCH3 is 1. The molecule has 0 aliphatic rings. The van der Waals surface area contributed by atoms with Crippen molar-refractivity contribution >= 4 is 61.5 Å². The number of hydrogen-bond acceptors (Lipinski definition) is 7. The lowest BCUT2D eigenvalue weighted by atomic mass is 10.2. The molecule has 0 radical (unpaired) electrons. The molecule has 0 bridgehead atoms. The van der Waals surface area contributed by atoms with Crippen molar-refractivity contribution in [2.75, 3.05) is 11.8 Å². The van der Waals surface area contributed by atoms with Crippen LogP contribution < -0.4 is 9.46 Å². The molecule has 0 spiro atoms. The molecular formula is C21H14Cl3N7O3S. The molecule has 35 heavy (non-hydrogen) atoms. The number of rotatable bonds is 6. The molecule has 0 saturated heterocycles. The van der Waals surface area contributed by atoms with Gasteiger partial charge in [0.05, 0.1) is 39.3 Å². The molecule has 0 amide bonds. The summed E-state index contributed by atoms with van der Waals surface area (Å²) in [6, 6.07) is 10.6. The number of aromatic amines is 1. The summed E-state index contributed by atoms with van der Waals surface area (Å²) < 4.78 is 34.7. The second-order valence-electron chi connectivity index (χ2n) is 7.22. The van der Waals surface area contributed by atoms with Crippen LogP contribution in [0.5, 0.6) is 5.88 Å². The molecule has 2 aromatic carbocycles. The van der Waals surface area contributed by atoms with E-state index < -0.39 is 10.0 Å². The summed E-state index contributed by atoms with van der Waals surface area (Å²) in [5.74, 6) is 0.396. The van der Waals surface area contributed by atoms with E-state index in [0.717, 1.165) is 0 Å². The van der Waals surface area contributed by atoms with E-state index in [1.807, 2.05) is 0 Å². The Kier molecular flexibility index (Phi) is 6.01. The molecule has 0 unspecified atom stereocenters. The van der Waals surface area contributed by atoms with Crippen molar-refractivity contribution in [1.82, 2.24) is 30.2 Å². The zero-order chi connectivity index (χ0) is 24.7. The van der Waals surface area contributed by atoms with Gasteiger partial charge < -0.3 is 4.74 Å². The monoisotopic (exact) mass is 549 g/mol. The van der Waals surface area contributed by atoms with Crippen molar-refractivity contribution in [2.24, 2.45) is 0 Å². The lowest BCUT2D eigenvalue weighted by Gasteiger charge is -2.13. The molecule has 3 heterocycles. The Morgan fingerprint density at radius 1 is 1.11 bits per heavy atom. The molecule has 178 valence electrons. The zero-order valence-electron chi connectivity index (χ0n) is 17.7. The average molecular weight is 551 g/mol. The quantitative estimate of drug-likeness (QED) is 0.305. The number of hydrogen-bond donors (Lipinski definition) is 2. The number of H-pyrrole nitrogens is 1. The van der Waals surface area contributed by atoms with E-state index >= 15 is 0 Å². The van der Waals surface area contributed by atoms with Crippen molar-refractivity contribution < 1.29 is 13.2 Å². The van der Waals surface area contributed by atoms with Gasteiger partial charge in [0.2, 0.25) is 5.88 Å². The minimum atomic E-state index is -3.97. The van der Waals surface area contributed by atoms with Crippen molar-refractivity contribution in [3.05, 3.63) is 69.9 Å². The van der Waals surface area contributed by atoms with Gasteiger partial charge in [-0.1, -0.05) is 46.1 Å². The first kappa shape index (κ1) is 23.4. The normalized spacial score (nSPS) is 11.7. The van der Waals surface area contributed by atoms with Crippen molar-refractivity contribution in [2.45, 2.75) is 4.90 Å². The summed E-state index contributed by atoms with van der Waals surface area (Å²) in [6.45, 7) is 0. The number of benzene rings is 2. The molecule has 5 rings (SSSR count). The second-order valence-corrected chi connectivity index (χ2v) is 10.1. The van der Waals surface area contributed by atoms with Gasteiger partial charge in [0.1, 0.15) is 11.4 Å². The number of pyridine rings is 1. The first-order valence-corrected chi connectivity index (χ1v) is 12.5. The van der Waals surface area contributed by atoms with E-state index in [1.165, 1.54) is 42.1 Å². The Balaban J connectivity index is 1.51. The smallest absolute Gasteiger partial charge is 0.261 e. The Hall–Kier alpha value is -3.38. The van der Waals surface area contributed by atoms with Gasteiger partial charge in [-0.15, -0.1) is 10.2 Å². The van der Waals surface area contributed by atoms with Crippen LogP contribution >= 0.6 is 34.8 Å². The van der Waals surface area contributed by atoms with Gasteiger partial charge in [0.25, 0.3) is 10.0 Å².